The van der Waals surface area contributed by atoms with Gasteiger partial charge in [-0.2, -0.15) is 0 Å². The fourth-order valence-electron chi connectivity index (χ4n) is 2.69. The van der Waals surface area contributed by atoms with E-state index in [1.54, 1.807) is 50.7 Å². The molecule has 0 aliphatic carbocycles. The normalized spacial score (nSPS) is 10.2. The van der Waals surface area contributed by atoms with Crippen LogP contribution in [0.4, 0.5) is 0 Å². The van der Waals surface area contributed by atoms with E-state index in [2.05, 4.69) is 10.3 Å². The van der Waals surface area contributed by atoms with Gasteiger partial charge in [0, 0.05) is 24.4 Å². The summed E-state index contributed by atoms with van der Waals surface area (Å²) in [7, 11) is 3.20. The average Bonchev–Trinajstić information content (AvgIpc) is 2.74. The van der Waals surface area contributed by atoms with E-state index in [1.807, 2.05) is 30.3 Å². The summed E-state index contributed by atoms with van der Waals surface area (Å²) in [5.41, 5.74) is 1.57. The first-order chi connectivity index (χ1) is 13.7. The average molecular weight is 378 g/mol. The van der Waals surface area contributed by atoms with Crippen LogP contribution in [0, 0.1) is 0 Å². The monoisotopic (exact) mass is 378 g/mol. The van der Waals surface area contributed by atoms with Crippen molar-refractivity contribution in [1.29, 1.82) is 0 Å². The maximum atomic E-state index is 12.4. The largest absolute Gasteiger partial charge is 0.493 e. The number of methoxy groups -OCH3 is 2. The Kier molecular flexibility index (Phi) is 6.46. The Bertz CT molecular complexity index is 929. The molecule has 2 aromatic carbocycles. The first kappa shape index (κ1) is 19.2. The molecule has 0 atom stereocenters. The Hall–Kier alpha value is -3.54. The van der Waals surface area contributed by atoms with Crippen molar-refractivity contribution in [2.24, 2.45) is 0 Å². The number of pyridine rings is 1. The van der Waals surface area contributed by atoms with Gasteiger partial charge in [0.25, 0.3) is 5.91 Å². The molecule has 0 fully saturated rings. The molecule has 144 valence electrons. The number of aromatic nitrogens is 1. The third kappa shape index (κ3) is 5.01. The van der Waals surface area contributed by atoms with E-state index in [0.717, 1.165) is 5.56 Å². The zero-order valence-corrected chi connectivity index (χ0v) is 15.8. The molecule has 28 heavy (non-hydrogen) atoms. The maximum Gasteiger partial charge on any atom is 0.251 e. The number of benzene rings is 2. The van der Waals surface area contributed by atoms with Gasteiger partial charge in [-0.05, 0) is 48.4 Å². The standard InChI is InChI=1S/C22H22N2O4/c1-26-19-10-9-16(14-20(19)27-2)11-13-24-22(25)17-6-5-7-18(15-17)28-21-8-3-4-12-23-21/h3-10,12,14-15H,11,13H2,1-2H3,(H,24,25). The van der Waals surface area contributed by atoms with E-state index in [0.29, 0.717) is 41.7 Å². The molecule has 0 unspecified atom stereocenters. The van der Waals surface area contributed by atoms with E-state index in [1.165, 1.54) is 0 Å². The number of carbonyl (C=O) groups excluding carboxylic acids is 1. The molecular weight excluding hydrogens is 356 g/mol. The van der Waals surface area contributed by atoms with Crippen LogP contribution in [0.1, 0.15) is 15.9 Å². The fourth-order valence-corrected chi connectivity index (χ4v) is 2.69. The molecule has 0 saturated heterocycles. The molecular formula is C22H22N2O4. The van der Waals surface area contributed by atoms with Crippen molar-refractivity contribution in [3.8, 4) is 23.1 Å². The number of rotatable bonds is 8. The molecule has 0 radical (unpaired) electrons. The molecule has 0 bridgehead atoms. The van der Waals surface area contributed by atoms with Gasteiger partial charge in [0.05, 0.1) is 14.2 Å². The van der Waals surface area contributed by atoms with Crippen molar-refractivity contribution in [1.82, 2.24) is 10.3 Å². The van der Waals surface area contributed by atoms with Gasteiger partial charge in [0.15, 0.2) is 11.5 Å². The lowest BCUT2D eigenvalue weighted by Crippen LogP contribution is -2.25. The Labute approximate surface area is 164 Å². The molecule has 0 spiro atoms. The first-order valence-electron chi connectivity index (χ1n) is 8.87. The second-order valence-corrected chi connectivity index (χ2v) is 5.99. The van der Waals surface area contributed by atoms with Gasteiger partial charge in [-0.1, -0.05) is 18.2 Å². The highest BCUT2D eigenvalue weighted by atomic mass is 16.5. The number of hydrogen-bond acceptors (Lipinski definition) is 5. The highest BCUT2D eigenvalue weighted by Gasteiger charge is 2.08. The molecule has 6 heteroatoms. The van der Waals surface area contributed by atoms with E-state index in [-0.39, 0.29) is 5.91 Å². The van der Waals surface area contributed by atoms with Crippen LogP contribution in [0.25, 0.3) is 0 Å². The minimum absolute atomic E-state index is 0.160. The molecule has 0 saturated carbocycles. The van der Waals surface area contributed by atoms with Gasteiger partial charge in [-0.3, -0.25) is 4.79 Å². The Morgan fingerprint density at radius 2 is 1.82 bits per heavy atom. The predicted molar refractivity (Wildman–Crippen MR) is 106 cm³/mol. The van der Waals surface area contributed by atoms with Crippen molar-refractivity contribution in [3.63, 3.8) is 0 Å². The van der Waals surface area contributed by atoms with Crippen LogP contribution in [-0.4, -0.2) is 31.7 Å². The summed E-state index contributed by atoms with van der Waals surface area (Å²) in [6.45, 7) is 0.500. The highest BCUT2D eigenvalue weighted by molar-refractivity contribution is 5.94. The second-order valence-electron chi connectivity index (χ2n) is 5.99. The molecule has 1 N–H and O–H groups in total. The lowest BCUT2D eigenvalue weighted by molar-refractivity contribution is 0.0954. The maximum absolute atomic E-state index is 12.4. The van der Waals surface area contributed by atoms with Gasteiger partial charge in [0.1, 0.15) is 5.75 Å². The van der Waals surface area contributed by atoms with Crippen LogP contribution in [-0.2, 0) is 6.42 Å². The van der Waals surface area contributed by atoms with E-state index >= 15 is 0 Å². The Balaban J connectivity index is 1.57. The Morgan fingerprint density at radius 1 is 0.964 bits per heavy atom. The van der Waals surface area contributed by atoms with Gasteiger partial charge in [-0.25, -0.2) is 4.98 Å². The topological polar surface area (TPSA) is 69.7 Å². The van der Waals surface area contributed by atoms with Crippen LogP contribution in [0.5, 0.6) is 23.1 Å². The van der Waals surface area contributed by atoms with Gasteiger partial charge >= 0.3 is 0 Å². The molecule has 3 aromatic rings. The highest BCUT2D eigenvalue weighted by Crippen LogP contribution is 2.27. The third-order valence-corrected chi connectivity index (χ3v) is 4.10. The van der Waals surface area contributed by atoms with Crippen molar-refractivity contribution >= 4 is 5.91 Å². The minimum atomic E-state index is -0.160. The summed E-state index contributed by atoms with van der Waals surface area (Å²) in [6.07, 6.45) is 2.33. The summed E-state index contributed by atoms with van der Waals surface area (Å²) < 4.78 is 16.2. The number of ether oxygens (including phenoxy) is 3. The summed E-state index contributed by atoms with van der Waals surface area (Å²) in [5, 5.41) is 2.92. The van der Waals surface area contributed by atoms with Crippen LogP contribution >= 0.6 is 0 Å². The number of hydrogen-bond donors (Lipinski definition) is 1. The molecule has 1 aromatic heterocycles. The second kappa shape index (κ2) is 9.41. The van der Waals surface area contributed by atoms with Crippen molar-refractivity contribution in [2.75, 3.05) is 20.8 Å². The molecule has 1 amide bonds. The zero-order chi connectivity index (χ0) is 19.8. The van der Waals surface area contributed by atoms with Crippen LogP contribution < -0.4 is 19.5 Å². The number of amides is 1. The molecule has 0 aliphatic heterocycles. The quantitative estimate of drug-likeness (QED) is 0.644. The van der Waals surface area contributed by atoms with Crippen molar-refractivity contribution < 1.29 is 19.0 Å². The SMILES string of the molecule is COc1ccc(CCNC(=O)c2cccc(Oc3ccccn3)c2)cc1OC. The predicted octanol–water partition coefficient (Wildman–Crippen LogP) is 3.86. The number of nitrogens with zero attached hydrogens (tertiary/aromatic N) is 1. The number of carbonyl (C=O) groups is 1. The molecule has 0 aliphatic rings. The zero-order valence-electron chi connectivity index (χ0n) is 15.8. The first-order valence-corrected chi connectivity index (χ1v) is 8.87. The summed E-state index contributed by atoms with van der Waals surface area (Å²) in [5.74, 6) is 2.23. The lowest BCUT2D eigenvalue weighted by atomic mass is 10.1. The van der Waals surface area contributed by atoms with Gasteiger partial charge < -0.3 is 19.5 Å². The molecule has 3 rings (SSSR count). The van der Waals surface area contributed by atoms with Gasteiger partial charge in [0.2, 0.25) is 5.88 Å². The number of nitrogens with one attached hydrogen (secondary N) is 1. The lowest BCUT2D eigenvalue weighted by Gasteiger charge is -2.10. The van der Waals surface area contributed by atoms with Crippen LogP contribution in [0.2, 0.25) is 0 Å². The minimum Gasteiger partial charge on any atom is -0.493 e. The molecule has 6 nitrogen and oxygen atoms in total. The fraction of sp³-hybridized carbons (Fsp3) is 0.182. The van der Waals surface area contributed by atoms with Crippen LogP contribution in [0.3, 0.4) is 0 Å². The van der Waals surface area contributed by atoms with E-state index in [4.69, 9.17) is 14.2 Å². The summed E-state index contributed by atoms with van der Waals surface area (Å²) in [6, 6.07) is 18.1. The van der Waals surface area contributed by atoms with Crippen molar-refractivity contribution in [2.45, 2.75) is 6.42 Å². The van der Waals surface area contributed by atoms with E-state index < -0.39 is 0 Å². The smallest absolute Gasteiger partial charge is 0.251 e. The summed E-state index contributed by atoms with van der Waals surface area (Å²) >= 11 is 0. The summed E-state index contributed by atoms with van der Waals surface area (Å²) in [4.78, 5) is 16.6. The van der Waals surface area contributed by atoms with Crippen molar-refractivity contribution in [3.05, 3.63) is 78.0 Å². The Morgan fingerprint density at radius 3 is 2.57 bits per heavy atom. The third-order valence-electron chi connectivity index (χ3n) is 4.10. The van der Waals surface area contributed by atoms with Crippen LogP contribution in [0.15, 0.2) is 66.9 Å². The van der Waals surface area contributed by atoms with Gasteiger partial charge in [-0.15, -0.1) is 0 Å². The molecule has 1 heterocycles. The van der Waals surface area contributed by atoms with E-state index in [9.17, 15) is 4.79 Å².